The van der Waals surface area contributed by atoms with Crippen LogP contribution in [0, 0.1) is 5.82 Å². The minimum Gasteiger partial charge on any atom is -0.354 e. The summed E-state index contributed by atoms with van der Waals surface area (Å²) in [5.41, 5.74) is 0. The maximum Gasteiger partial charge on any atom is 0.224 e. The Kier molecular flexibility index (Phi) is 4.53. The SMILES string of the molecule is CCNc1ncc(F)c(N2CCN(C3CCCC3)CC2)n1. The molecule has 0 amide bonds. The molecule has 0 atom stereocenters. The fourth-order valence-corrected chi connectivity index (χ4v) is 3.39. The first kappa shape index (κ1) is 14.5. The Morgan fingerprint density at radius 2 is 1.95 bits per heavy atom. The molecule has 0 unspecified atom stereocenters. The summed E-state index contributed by atoms with van der Waals surface area (Å²) in [6.07, 6.45) is 6.64. The molecule has 0 bridgehead atoms. The second kappa shape index (κ2) is 6.56. The van der Waals surface area contributed by atoms with Crippen LogP contribution < -0.4 is 10.2 Å². The van der Waals surface area contributed by atoms with Crippen LogP contribution in [-0.4, -0.2) is 53.6 Å². The zero-order chi connectivity index (χ0) is 14.7. The summed E-state index contributed by atoms with van der Waals surface area (Å²) < 4.78 is 14.0. The van der Waals surface area contributed by atoms with Crippen molar-refractivity contribution < 1.29 is 4.39 Å². The van der Waals surface area contributed by atoms with Gasteiger partial charge in [-0.1, -0.05) is 12.8 Å². The van der Waals surface area contributed by atoms with Crippen molar-refractivity contribution in [3.63, 3.8) is 0 Å². The molecule has 5 nitrogen and oxygen atoms in total. The minimum absolute atomic E-state index is 0.328. The van der Waals surface area contributed by atoms with Crippen LogP contribution in [0.1, 0.15) is 32.6 Å². The third-order valence-corrected chi connectivity index (χ3v) is 4.52. The Bertz CT molecular complexity index is 467. The molecule has 0 aromatic carbocycles. The normalized spacial score (nSPS) is 21.0. The Balaban J connectivity index is 1.64. The Labute approximate surface area is 125 Å². The molecule has 3 rings (SSSR count). The molecule has 1 aromatic rings. The molecule has 2 fully saturated rings. The molecule has 1 aliphatic heterocycles. The zero-order valence-electron chi connectivity index (χ0n) is 12.7. The highest BCUT2D eigenvalue weighted by Crippen LogP contribution is 2.26. The predicted octanol–water partition coefficient (Wildman–Crippen LogP) is 2.11. The van der Waals surface area contributed by atoms with E-state index in [0.717, 1.165) is 38.8 Å². The van der Waals surface area contributed by atoms with Crippen molar-refractivity contribution in [2.45, 2.75) is 38.6 Å². The van der Waals surface area contributed by atoms with Crippen molar-refractivity contribution in [3.05, 3.63) is 12.0 Å². The molecule has 1 aliphatic carbocycles. The largest absolute Gasteiger partial charge is 0.354 e. The van der Waals surface area contributed by atoms with Gasteiger partial charge in [0, 0.05) is 38.8 Å². The first-order chi connectivity index (χ1) is 10.3. The molecule has 1 N–H and O–H groups in total. The van der Waals surface area contributed by atoms with Crippen LogP contribution in [0.2, 0.25) is 0 Å². The van der Waals surface area contributed by atoms with Gasteiger partial charge in [-0.2, -0.15) is 4.98 Å². The van der Waals surface area contributed by atoms with Crippen LogP contribution in [0.15, 0.2) is 6.20 Å². The van der Waals surface area contributed by atoms with Gasteiger partial charge >= 0.3 is 0 Å². The first-order valence-corrected chi connectivity index (χ1v) is 8.03. The van der Waals surface area contributed by atoms with Crippen LogP contribution in [0.3, 0.4) is 0 Å². The van der Waals surface area contributed by atoms with E-state index in [9.17, 15) is 4.39 Å². The van der Waals surface area contributed by atoms with E-state index in [-0.39, 0.29) is 5.82 Å². The number of nitrogens with zero attached hydrogens (tertiary/aromatic N) is 4. The van der Waals surface area contributed by atoms with E-state index in [1.165, 1.54) is 31.9 Å². The molecule has 0 radical (unpaired) electrons. The molecular formula is C15H24FN5. The topological polar surface area (TPSA) is 44.3 Å². The lowest BCUT2D eigenvalue weighted by molar-refractivity contribution is 0.187. The van der Waals surface area contributed by atoms with E-state index in [4.69, 9.17) is 0 Å². The van der Waals surface area contributed by atoms with Crippen molar-refractivity contribution in [3.8, 4) is 0 Å². The van der Waals surface area contributed by atoms with Crippen LogP contribution in [-0.2, 0) is 0 Å². The van der Waals surface area contributed by atoms with E-state index < -0.39 is 0 Å². The number of hydrogen-bond donors (Lipinski definition) is 1. The summed E-state index contributed by atoms with van der Waals surface area (Å²) in [5, 5.41) is 3.04. The lowest BCUT2D eigenvalue weighted by atomic mass is 10.2. The van der Waals surface area contributed by atoms with Gasteiger partial charge < -0.3 is 10.2 Å². The van der Waals surface area contributed by atoms with Crippen LogP contribution >= 0.6 is 0 Å². The third-order valence-electron chi connectivity index (χ3n) is 4.52. The molecular weight excluding hydrogens is 269 g/mol. The molecule has 21 heavy (non-hydrogen) atoms. The number of piperazine rings is 1. The van der Waals surface area contributed by atoms with Crippen LogP contribution in [0.25, 0.3) is 0 Å². The van der Waals surface area contributed by atoms with Crippen molar-refractivity contribution in [1.82, 2.24) is 14.9 Å². The number of aromatic nitrogens is 2. The monoisotopic (exact) mass is 293 g/mol. The van der Waals surface area contributed by atoms with Gasteiger partial charge in [-0.15, -0.1) is 0 Å². The highest BCUT2D eigenvalue weighted by atomic mass is 19.1. The van der Waals surface area contributed by atoms with Crippen LogP contribution in [0.5, 0.6) is 0 Å². The summed E-state index contributed by atoms with van der Waals surface area (Å²) in [6.45, 7) is 6.41. The molecule has 2 heterocycles. The van der Waals surface area contributed by atoms with Gasteiger partial charge in [-0.05, 0) is 19.8 Å². The quantitative estimate of drug-likeness (QED) is 0.921. The molecule has 116 valence electrons. The second-order valence-electron chi connectivity index (χ2n) is 5.86. The first-order valence-electron chi connectivity index (χ1n) is 8.03. The molecule has 1 aromatic heterocycles. The molecule has 2 aliphatic rings. The number of nitrogens with one attached hydrogen (secondary N) is 1. The van der Waals surface area contributed by atoms with Crippen molar-refractivity contribution in [1.29, 1.82) is 0 Å². The minimum atomic E-state index is -0.328. The molecule has 1 saturated carbocycles. The summed E-state index contributed by atoms with van der Waals surface area (Å²) in [6, 6.07) is 0.750. The maximum atomic E-state index is 14.0. The van der Waals surface area contributed by atoms with E-state index in [0.29, 0.717) is 11.8 Å². The second-order valence-corrected chi connectivity index (χ2v) is 5.86. The highest BCUT2D eigenvalue weighted by molar-refractivity contribution is 5.44. The fourth-order valence-electron chi connectivity index (χ4n) is 3.39. The van der Waals surface area contributed by atoms with Gasteiger partial charge in [0.1, 0.15) is 0 Å². The Morgan fingerprint density at radius 1 is 1.24 bits per heavy atom. The summed E-state index contributed by atoms with van der Waals surface area (Å²) in [7, 11) is 0. The standard InChI is InChI=1S/C15H24FN5/c1-2-17-15-18-11-13(16)14(19-15)21-9-7-20(8-10-21)12-5-3-4-6-12/h11-12H,2-10H2,1H3,(H,17,18,19). The average Bonchev–Trinajstić information content (AvgIpc) is 3.04. The van der Waals surface area contributed by atoms with Gasteiger partial charge in [-0.3, -0.25) is 4.90 Å². The molecule has 0 spiro atoms. The summed E-state index contributed by atoms with van der Waals surface area (Å²) in [5.74, 6) is 0.616. The highest BCUT2D eigenvalue weighted by Gasteiger charge is 2.27. The summed E-state index contributed by atoms with van der Waals surface area (Å²) in [4.78, 5) is 12.9. The van der Waals surface area contributed by atoms with E-state index in [1.54, 1.807) is 0 Å². The lowest BCUT2D eigenvalue weighted by Gasteiger charge is -2.38. The van der Waals surface area contributed by atoms with Gasteiger partial charge in [-0.25, -0.2) is 9.37 Å². The smallest absolute Gasteiger partial charge is 0.224 e. The third kappa shape index (κ3) is 3.26. The van der Waals surface area contributed by atoms with Crippen molar-refractivity contribution in [2.24, 2.45) is 0 Å². The molecule has 6 heteroatoms. The van der Waals surface area contributed by atoms with Gasteiger partial charge in [0.2, 0.25) is 5.95 Å². The zero-order valence-corrected chi connectivity index (χ0v) is 12.7. The van der Waals surface area contributed by atoms with Gasteiger partial charge in [0.15, 0.2) is 11.6 Å². The van der Waals surface area contributed by atoms with Crippen molar-refractivity contribution >= 4 is 11.8 Å². The average molecular weight is 293 g/mol. The molecule has 1 saturated heterocycles. The number of rotatable bonds is 4. The fraction of sp³-hybridized carbons (Fsp3) is 0.733. The summed E-state index contributed by atoms with van der Waals surface area (Å²) >= 11 is 0. The van der Waals surface area contributed by atoms with Gasteiger partial charge in [0.25, 0.3) is 0 Å². The van der Waals surface area contributed by atoms with E-state index in [2.05, 4.69) is 20.2 Å². The van der Waals surface area contributed by atoms with Crippen LogP contribution in [0.4, 0.5) is 16.2 Å². The van der Waals surface area contributed by atoms with E-state index in [1.807, 2.05) is 11.8 Å². The maximum absolute atomic E-state index is 14.0. The van der Waals surface area contributed by atoms with Gasteiger partial charge in [0.05, 0.1) is 6.20 Å². The Morgan fingerprint density at radius 3 is 2.62 bits per heavy atom. The van der Waals surface area contributed by atoms with E-state index >= 15 is 0 Å². The number of halogens is 1. The predicted molar refractivity (Wildman–Crippen MR) is 82.2 cm³/mol. The number of hydrogen-bond acceptors (Lipinski definition) is 5. The number of anilines is 2. The van der Waals surface area contributed by atoms with Crippen molar-refractivity contribution in [2.75, 3.05) is 42.9 Å². The Hall–Kier alpha value is -1.43. The lowest BCUT2D eigenvalue weighted by Crippen LogP contribution is -2.50.